The van der Waals surface area contributed by atoms with E-state index in [2.05, 4.69) is 20.6 Å². The van der Waals surface area contributed by atoms with E-state index in [4.69, 9.17) is 11.6 Å². The molecule has 0 saturated carbocycles. The van der Waals surface area contributed by atoms with Crippen LogP contribution in [0.2, 0.25) is 5.02 Å². The Morgan fingerprint density at radius 3 is 2.78 bits per heavy atom. The second-order valence-electron chi connectivity index (χ2n) is 3.71. The molecule has 7 heteroatoms. The maximum absolute atomic E-state index is 11.5. The smallest absolute Gasteiger partial charge is 0.239 e. The zero-order valence-corrected chi connectivity index (χ0v) is 11.6. The summed E-state index contributed by atoms with van der Waals surface area (Å²) in [5.41, 5.74) is 0. The molecular weight excluding hydrogens is 254 g/mol. The van der Waals surface area contributed by atoms with Crippen molar-refractivity contribution in [2.75, 3.05) is 36.9 Å². The summed E-state index contributed by atoms with van der Waals surface area (Å²) in [6, 6.07) is 0. The van der Waals surface area contributed by atoms with Gasteiger partial charge in [0, 0.05) is 20.1 Å². The van der Waals surface area contributed by atoms with Gasteiger partial charge in [-0.15, -0.1) is 0 Å². The van der Waals surface area contributed by atoms with Crippen LogP contribution < -0.4 is 15.5 Å². The molecular formula is C11H18ClN5O. The molecule has 0 aromatic carbocycles. The first-order valence-electron chi connectivity index (χ1n) is 5.82. The molecule has 1 aromatic rings. The third-order valence-corrected chi connectivity index (χ3v) is 2.44. The van der Waals surface area contributed by atoms with Crippen molar-refractivity contribution in [3.63, 3.8) is 0 Å². The van der Waals surface area contributed by atoms with Gasteiger partial charge in [-0.05, 0) is 13.8 Å². The van der Waals surface area contributed by atoms with Gasteiger partial charge < -0.3 is 15.5 Å². The van der Waals surface area contributed by atoms with Crippen LogP contribution in [-0.4, -0.2) is 42.6 Å². The second-order valence-corrected chi connectivity index (χ2v) is 4.11. The lowest BCUT2D eigenvalue weighted by atomic mass is 10.4. The topological polar surface area (TPSA) is 70.2 Å². The fraction of sp³-hybridized carbons (Fsp3) is 0.545. The molecule has 6 nitrogen and oxygen atoms in total. The van der Waals surface area contributed by atoms with E-state index in [9.17, 15) is 4.79 Å². The van der Waals surface area contributed by atoms with Crippen LogP contribution in [0.1, 0.15) is 13.8 Å². The first-order valence-corrected chi connectivity index (χ1v) is 6.20. The lowest BCUT2D eigenvalue weighted by molar-refractivity contribution is -0.119. The average Bonchev–Trinajstić information content (AvgIpc) is 2.32. The molecule has 0 radical (unpaired) electrons. The van der Waals surface area contributed by atoms with Crippen molar-refractivity contribution in [1.82, 2.24) is 15.3 Å². The highest BCUT2D eigenvalue weighted by Gasteiger charge is 2.12. The standard InChI is InChI=1S/C11H18ClN5O/c1-4-13-9(18)7-17(3)10-8(12)6-15-11(16-10)14-5-2/h6H,4-5,7H2,1-3H3,(H,13,18)(H,14,15,16). The van der Waals surface area contributed by atoms with E-state index in [0.29, 0.717) is 23.3 Å². The van der Waals surface area contributed by atoms with E-state index < -0.39 is 0 Å². The highest BCUT2D eigenvalue weighted by Crippen LogP contribution is 2.22. The Bertz CT molecular complexity index is 412. The van der Waals surface area contributed by atoms with Gasteiger partial charge in [0.2, 0.25) is 11.9 Å². The summed E-state index contributed by atoms with van der Waals surface area (Å²) in [5.74, 6) is 0.966. The number of nitrogens with zero attached hydrogens (tertiary/aromatic N) is 3. The van der Waals surface area contributed by atoms with E-state index >= 15 is 0 Å². The summed E-state index contributed by atoms with van der Waals surface area (Å²) in [7, 11) is 1.76. The highest BCUT2D eigenvalue weighted by atomic mass is 35.5. The van der Waals surface area contributed by atoms with Gasteiger partial charge in [-0.1, -0.05) is 11.6 Å². The number of nitrogens with one attached hydrogen (secondary N) is 2. The Labute approximate surface area is 112 Å². The van der Waals surface area contributed by atoms with Crippen molar-refractivity contribution in [3.05, 3.63) is 11.2 Å². The lowest BCUT2D eigenvalue weighted by Gasteiger charge is -2.19. The van der Waals surface area contributed by atoms with Crippen molar-refractivity contribution in [3.8, 4) is 0 Å². The molecule has 0 aliphatic carbocycles. The summed E-state index contributed by atoms with van der Waals surface area (Å²) >= 11 is 6.03. The number of anilines is 2. The van der Waals surface area contributed by atoms with E-state index in [1.807, 2.05) is 13.8 Å². The number of hydrogen-bond acceptors (Lipinski definition) is 5. The molecule has 2 N–H and O–H groups in total. The van der Waals surface area contributed by atoms with Crippen molar-refractivity contribution in [2.24, 2.45) is 0 Å². The van der Waals surface area contributed by atoms with Crippen LogP contribution in [0.15, 0.2) is 6.20 Å². The third kappa shape index (κ3) is 4.03. The fourth-order valence-corrected chi connectivity index (χ4v) is 1.65. The first kappa shape index (κ1) is 14.5. The summed E-state index contributed by atoms with van der Waals surface area (Å²) in [6.07, 6.45) is 1.52. The number of rotatable bonds is 6. The number of carbonyl (C=O) groups excluding carboxylic acids is 1. The minimum Gasteiger partial charge on any atom is -0.355 e. The van der Waals surface area contributed by atoms with Crippen molar-refractivity contribution in [1.29, 1.82) is 0 Å². The Balaban J connectivity index is 2.80. The van der Waals surface area contributed by atoms with Crippen LogP contribution in [0, 0.1) is 0 Å². The van der Waals surface area contributed by atoms with Crippen LogP contribution in [-0.2, 0) is 4.79 Å². The molecule has 0 atom stereocenters. The van der Waals surface area contributed by atoms with Gasteiger partial charge in [-0.25, -0.2) is 4.98 Å². The summed E-state index contributed by atoms with van der Waals surface area (Å²) < 4.78 is 0. The number of aromatic nitrogens is 2. The fourth-order valence-electron chi connectivity index (χ4n) is 1.41. The average molecular weight is 272 g/mol. The summed E-state index contributed by atoms with van der Waals surface area (Å²) in [6.45, 7) is 5.36. The van der Waals surface area contributed by atoms with Gasteiger partial charge in [-0.2, -0.15) is 4.98 Å². The SMILES string of the molecule is CCNC(=O)CN(C)c1nc(NCC)ncc1Cl. The zero-order chi connectivity index (χ0) is 13.5. The quantitative estimate of drug-likeness (QED) is 0.812. The van der Waals surface area contributed by atoms with Crippen molar-refractivity contribution >= 4 is 29.3 Å². The molecule has 1 aromatic heterocycles. The van der Waals surface area contributed by atoms with Gasteiger partial charge in [-0.3, -0.25) is 4.79 Å². The third-order valence-electron chi connectivity index (χ3n) is 2.18. The monoisotopic (exact) mass is 271 g/mol. The molecule has 1 heterocycles. The largest absolute Gasteiger partial charge is 0.355 e. The van der Waals surface area contributed by atoms with Gasteiger partial charge in [0.25, 0.3) is 0 Å². The van der Waals surface area contributed by atoms with E-state index in [1.165, 1.54) is 6.20 Å². The summed E-state index contributed by atoms with van der Waals surface area (Å²) in [4.78, 5) is 21.5. The van der Waals surface area contributed by atoms with E-state index in [0.717, 1.165) is 6.54 Å². The Morgan fingerprint density at radius 1 is 1.44 bits per heavy atom. The first-order chi connectivity index (χ1) is 8.58. The van der Waals surface area contributed by atoms with Crippen LogP contribution in [0.25, 0.3) is 0 Å². The van der Waals surface area contributed by atoms with Crippen molar-refractivity contribution < 1.29 is 4.79 Å². The number of hydrogen-bond donors (Lipinski definition) is 2. The Hall–Kier alpha value is -1.56. The normalized spacial score (nSPS) is 10.0. The molecule has 0 unspecified atom stereocenters. The highest BCUT2D eigenvalue weighted by molar-refractivity contribution is 6.32. The van der Waals surface area contributed by atoms with Crippen LogP contribution in [0.5, 0.6) is 0 Å². The molecule has 18 heavy (non-hydrogen) atoms. The van der Waals surface area contributed by atoms with Gasteiger partial charge in [0.1, 0.15) is 5.02 Å². The molecule has 0 bridgehead atoms. The minimum absolute atomic E-state index is 0.0697. The molecule has 0 fully saturated rings. The summed E-state index contributed by atoms with van der Waals surface area (Å²) in [5, 5.41) is 6.14. The predicted octanol–water partition coefficient (Wildman–Crippen LogP) is 1.13. The molecule has 0 aliphatic rings. The molecule has 0 aliphatic heterocycles. The van der Waals surface area contributed by atoms with Crippen molar-refractivity contribution in [2.45, 2.75) is 13.8 Å². The zero-order valence-electron chi connectivity index (χ0n) is 10.8. The maximum Gasteiger partial charge on any atom is 0.239 e. The Kier molecular flexibility index (Phi) is 5.64. The van der Waals surface area contributed by atoms with Crippen LogP contribution in [0.3, 0.4) is 0 Å². The molecule has 100 valence electrons. The van der Waals surface area contributed by atoms with Crippen LogP contribution >= 0.6 is 11.6 Å². The second kappa shape index (κ2) is 7.00. The lowest BCUT2D eigenvalue weighted by Crippen LogP contribution is -2.35. The predicted molar refractivity (Wildman–Crippen MR) is 73.2 cm³/mol. The molecule has 0 spiro atoms. The van der Waals surface area contributed by atoms with E-state index in [-0.39, 0.29) is 12.5 Å². The minimum atomic E-state index is -0.0697. The Morgan fingerprint density at radius 2 is 2.17 bits per heavy atom. The molecule has 1 rings (SSSR count). The van der Waals surface area contributed by atoms with Gasteiger partial charge in [0.05, 0.1) is 12.7 Å². The van der Waals surface area contributed by atoms with Crippen LogP contribution in [0.4, 0.5) is 11.8 Å². The number of amides is 1. The van der Waals surface area contributed by atoms with Gasteiger partial charge >= 0.3 is 0 Å². The molecule has 0 saturated heterocycles. The number of likely N-dealkylation sites (N-methyl/N-ethyl adjacent to an activating group) is 2. The maximum atomic E-state index is 11.5. The molecule has 1 amide bonds. The van der Waals surface area contributed by atoms with E-state index in [1.54, 1.807) is 11.9 Å². The van der Waals surface area contributed by atoms with Gasteiger partial charge in [0.15, 0.2) is 5.82 Å². The number of carbonyl (C=O) groups is 1. The number of halogens is 1.